The molecule has 0 radical (unpaired) electrons. The Morgan fingerprint density at radius 2 is 2.15 bits per heavy atom. The molecule has 0 fully saturated rings. The molecule has 1 unspecified atom stereocenters. The number of nitriles is 1. The number of pyridine rings is 1. The number of hydrogen-bond donors (Lipinski definition) is 1. The molecular weight excluding hydrogens is 248 g/mol. The topological polar surface area (TPSA) is 52.0 Å². The van der Waals surface area contributed by atoms with Crippen LogP contribution < -0.4 is 5.32 Å². The fourth-order valence-electron chi connectivity index (χ4n) is 2.91. The van der Waals surface area contributed by atoms with Gasteiger partial charge < -0.3 is 5.32 Å². The number of hydrogen-bond acceptors (Lipinski definition) is 4. The Bertz CT molecular complexity index is 500. The van der Waals surface area contributed by atoms with Gasteiger partial charge in [-0.1, -0.05) is 13.8 Å². The molecule has 0 saturated carbocycles. The Kier molecular flexibility index (Phi) is 4.97. The van der Waals surface area contributed by atoms with E-state index < -0.39 is 0 Å². The van der Waals surface area contributed by atoms with Gasteiger partial charge in [0, 0.05) is 18.3 Å². The van der Waals surface area contributed by atoms with Gasteiger partial charge in [-0.25, -0.2) is 4.98 Å². The van der Waals surface area contributed by atoms with Gasteiger partial charge in [-0.3, -0.25) is 4.90 Å². The molecule has 0 amide bonds. The van der Waals surface area contributed by atoms with Gasteiger partial charge in [0.25, 0.3) is 0 Å². The number of nitrogens with one attached hydrogen (secondary N) is 1. The third kappa shape index (κ3) is 3.10. The van der Waals surface area contributed by atoms with Crippen LogP contribution in [-0.4, -0.2) is 35.6 Å². The van der Waals surface area contributed by atoms with Crippen LogP contribution in [0.25, 0.3) is 0 Å². The molecule has 1 atom stereocenters. The third-order valence-corrected chi connectivity index (χ3v) is 4.17. The van der Waals surface area contributed by atoms with Crippen LogP contribution in [0.2, 0.25) is 0 Å². The number of aryl methyl sites for hydroxylation is 2. The van der Waals surface area contributed by atoms with E-state index in [0.29, 0.717) is 11.6 Å². The van der Waals surface area contributed by atoms with Crippen molar-refractivity contribution in [2.75, 3.05) is 25.0 Å². The molecule has 0 aromatic carbocycles. The maximum absolute atomic E-state index is 9.28. The van der Waals surface area contributed by atoms with E-state index in [2.05, 4.69) is 42.0 Å². The van der Waals surface area contributed by atoms with Crippen molar-refractivity contribution in [2.24, 2.45) is 0 Å². The normalized spacial score (nSPS) is 14.9. The molecule has 4 nitrogen and oxygen atoms in total. The summed E-state index contributed by atoms with van der Waals surface area (Å²) in [6, 6.07) is 4.72. The highest BCUT2D eigenvalue weighted by molar-refractivity contribution is 5.55. The highest BCUT2D eigenvalue weighted by Crippen LogP contribution is 2.24. The minimum atomic E-state index is 0.437. The molecule has 1 aliphatic carbocycles. The smallest absolute Gasteiger partial charge is 0.144 e. The number of anilines is 1. The first-order valence-electron chi connectivity index (χ1n) is 7.60. The van der Waals surface area contributed by atoms with Gasteiger partial charge in [-0.15, -0.1) is 0 Å². The second kappa shape index (κ2) is 6.71. The fraction of sp³-hybridized carbons (Fsp3) is 0.625. The quantitative estimate of drug-likeness (QED) is 0.865. The van der Waals surface area contributed by atoms with E-state index in [0.717, 1.165) is 44.7 Å². The third-order valence-electron chi connectivity index (χ3n) is 4.17. The van der Waals surface area contributed by atoms with E-state index in [1.807, 2.05) is 6.07 Å². The summed E-state index contributed by atoms with van der Waals surface area (Å²) in [6.07, 6.45) is 3.26. The average Bonchev–Trinajstić information content (AvgIpc) is 2.92. The van der Waals surface area contributed by atoms with E-state index >= 15 is 0 Å². The number of likely N-dealkylation sites (N-methyl/N-ethyl adjacent to an activating group) is 1. The van der Waals surface area contributed by atoms with E-state index in [4.69, 9.17) is 0 Å². The minimum Gasteiger partial charge on any atom is -0.367 e. The van der Waals surface area contributed by atoms with Crippen molar-refractivity contribution in [1.82, 2.24) is 9.88 Å². The van der Waals surface area contributed by atoms with Gasteiger partial charge in [0.05, 0.1) is 5.56 Å². The summed E-state index contributed by atoms with van der Waals surface area (Å²) >= 11 is 0. The lowest BCUT2D eigenvalue weighted by Gasteiger charge is -2.26. The lowest BCUT2D eigenvalue weighted by atomic mass is 10.1. The van der Waals surface area contributed by atoms with Crippen molar-refractivity contribution in [3.63, 3.8) is 0 Å². The van der Waals surface area contributed by atoms with Crippen LogP contribution >= 0.6 is 0 Å². The standard InChI is InChI=1S/C16H24N4/c1-4-20(5-2)12(3)11-18-16-14(10-17)9-13-7-6-8-15(13)19-16/h9,12H,4-8,11H2,1-3H3,(H,18,19). The molecule has 0 saturated heterocycles. The number of nitrogens with zero attached hydrogens (tertiary/aromatic N) is 3. The molecule has 1 aromatic rings. The Morgan fingerprint density at radius 3 is 2.80 bits per heavy atom. The average molecular weight is 272 g/mol. The van der Waals surface area contributed by atoms with Crippen molar-refractivity contribution in [1.29, 1.82) is 5.26 Å². The largest absolute Gasteiger partial charge is 0.367 e. The molecule has 0 aliphatic heterocycles. The van der Waals surface area contributed by atoms with Crippen LogP contribution in [0.15, 0.2) is 6.07 Å². The lowest BCUT2D eigenvalue weighted by molar-refractivity contribution is 0.240. The molecule has 0 bridgehead atoms. The SMILES string of the molecule is CCN(CC)C(C)CNc1nc2c(cc1C#N)CCC2. The zero-order valence-corrected chi connectivity index (χ0v) is 12.7. The molecule has 1 aliphatic rings. The second-order valence-corrected chi connectivity index (χ2v) is 5.41. The maximum atomic E-state index is 9.28. The summed E-state index contributed by atoms with van der Waals surface area (Å²) in [6.45, 7) is 9.47. The number of fused-ring (bicyclic) bond motifs is 1. The van der Waals surface area contributed by atoms with Gasteiger partial charge in [0.2, 0.25) is 0 Å². The van der Waals surface area contributed by atoms with Crippen LogP contribution in [0.3, 0.4) is 0 Å². The summed E-state index contributed by atoms with van der Waals surface area (Å²) < 4.78 is 0. The fourth-order valence-corrected chi connectivity index (χ4v) is 2.91. The van der Waals surface area contributed by atoms with Crippen molar-refractivity contribution in [3.8, 4) is 6.07 Å². The molecule has 4 heteroatoms. The predicted octanol–water partition coefficient (Wildman–Crippen LogP) is 2.58. The van der Waals surface area contributed by atoms with Crippen LogP contribution in [0.1, 0.15) is 44.0 Å². The maximum Gasteiger partial charge on any atom is 0.144 e. The van der Waals surface area contributed by atoms with E-state index in [1.165, 1.54) is 11.3 Å². The number of aromatic nitrogens is 1. The number of rotatable bonds is 6. The zero-order chi connectivity index (χ0) is 14.5. The monoisotopic (exact) mass is 272 g/mol. The minimum absolute atomic E-state index is 0.437. The second-order valence-electron chi connectivity index (χ2n) is 5.41. The zero-order valence-electron chi connectivity index (χ0n) is 12.7. The Balaban J connectivity index is 2.08. The van der Waals surface area contributed by atoms with Gasteiger partial charge >= 0.3 is 0 Å². The summed E-state index contributed by atoms with van der Waals surface area (Å²) in [5.74, 6) is 0.757. The van der Waals surface area contributed by atoms with Gasteiger partial charge in [-0.2, -0.15) is 5.26 Å². The summed E-state index contributed by atoms with van der Waals surface area (Å²) in [5.41, 5.74) is 3.10. The molecular formula is C16H24N4. The highest BCUT2D eigenvalue weighted by Gasteiger charge is 2.17. The van der Waals surface area contributed by atoms with Crippen molar-refractivity contribution in [3.05, 3.63) is 22.9 Å². The van der Waals surface area contributed by atoms with Crippen molar-refractivity contribution >= 4 is 5.82 Å². The van der Waals surface area contributed by atoms with Crippen molar-refractivity contribution in [2.45, 2.75) is 46.1 Å². The summed E-state index contributed by atoms with van der Waals surface area (Å²) in [5, 5.41) is 12.6. The molecule has 20 heavy (non-hydrogen) atoms. The molecule has 1 aromatic heterocycles. The van der Waals surface area contributed by atoms with Crippen LogP contribution in [0, 0.1) is 11.3 Å². The first kappa shape index (κ1) is 14.8. The van der Waals surface area contributed by atoms with Crippen molar-refractivity contribution < 1.29 is 0 Å². The summed E-state index contributed by atoms with van der Waals surface area (Å²) in [7, 11) is 0. The lowest BCUT2D eigenvalue weighted by Crippen LogP contribution is -2.37. The predicted molar refractivity (Wildman–Crippen MR) is 81.8 cm³/mol. The van der Waals surface area contributed by atoms with Gasteiger partial charge in [0.15, 0.2) is 0 Å². The first-order chi connectivity index (χ1) is 9.69. The summed E-state index contributed by atoms with van der Waals surface area (Å²) in [4.78, 5) is 7.05. The molecule has 0 spiro atoms. The molecule has 108 valence electrons. The van der Waals surface area contributed by atoms with Crippen LogP contribution in [0.5, 0.6) is 0 Å². The Labute approximate surface area is 121 Å². The van der Waals surface area contributed by atoms with Crippen LogP contribution in [0.4, 0.5) is 5.82 Å². The van der Waals surface area contributed by atoms with Crippen LogP contribution in [-0.2, 0) is 12.8 Å². The molecule has 2 rings (SSSR count). The van der Waals surface area contributed by atoms with Gasteiger partial charge in [-0.05, 0) is 50.9 Å². The molecule has 1 heterocycles. The highest BCUT2D eigenvalue weighted by atomic mass is 15.2. The Morgan fingerprint density at radius 1 is 1.40 bits per heavy atom. The van der Waals surface area contributed by atoms with E-state index in [9.17, 15) is 5.26 Å². The Hall–Kier alpha value is -1.60. The van der Waals surface area contributed by atoms with E-state index in [1.54, 1.807) is 0 Å². The van der Waals surface area contributed by atoms with Gasteiger partial charge in [0.1, 0.15) is 11.9 Å². The van der Waals surface area contributed by atoms with E-state index in [-0.39, 0.29) is 0 Å². The first-order valence-corrected chi connectivity index (χ1v) is 7.60. The molecule has 1 N–H and O–H groups in total.